The molecular weight excluding hydrogens is 394 g/mol. The van der Waals surface area contributed by atoms with Crippen LogP contribution in [-0.4, -0.2) is 67.2 Å². The van der Waals surface area contributed by atoms with Crippen molar-refractivity contribution in [3.8, 4) is 11.5 Å². The maximum atomic E-state index is 13.1. The highest BCUT2D eigenvalue weighted by atomic mass is 16.7. The van der Waals surface area contributed by atoms with E-state index < -0.39 is 17.5 Å². The molecule has 0 aromatic heterocycles. The quantitative estimate of drug-likeness (QED) is 0.563. The molecule has 10 heteroatoms. The SMILES string of the molecule is COC(=O)C1CCN(C(=O)CN2C(=O)N[C@@](C)(c3ccc4c(c3)OCO4)C2=O)CC1. The molecule has 0 bridgehead atoms. The number of urea groups is 1. The fraction of sp³-hybridized carbons (Fsp3) is 0.500. The number of nitrogens with one attached hydrogen (secondary N) is 1. The van der Waals surface area contributed by atoms with Crippen LogP contribution in [0.4, 0.5) is 4.79 Å². The molecule has 0 aliphatic carbocycles. The number of benzene rings is 1. The lowest BCUT2D eigenvalue weighted by Gasteiger charge is -2.31. The number of imide groups is 1. The van der Waals surface area contributed by atoms with Crippen LogP contribution < -0.4 is 14.8 Å². The summed E-state index contributed by atoms with van der Waals surface area (Å²) in [6, 6.07) is 4.40. The highest BCUT2D eigenvalue weighted by Crippen LogP contribution is 2.37. The van der Waals surface area contributed by atoms with Gasteiger partial charge in [0.05, 0.1) is 13.0 Å². The second kappa shape index (κ2) is 7.51. The number of fused-ring (bicyclic) bond motifs is 1. The molecule has 0 spiro atoms. The molecule has 4 amide bonds. The highest BCUT2D eigenvalue weighted by molar-refractivity contribution is 6.09. The number of piperidine rings is 1. The molecule has 1 N–H and O–H groups in total. The van der Waals surface area contributed by atoms with Gasteiger partial charge in [-0.2, -0.15) is 0 Å². The molecule has 3 heterocycles. The monoisotopic (exact) mass is 417 g/mol. The zero-order chi connectivity index (χ0) is 21.5. The molecule has 1 aromatic rings. The minimum atomic E-state index is -1.31. The Balaban J connectivity index is 1.43. The molecule has 2 fully saturated rings. The maximum Gasteiger partial charge on any atom is 0.325 e. The number of methoxy groups -OCH3 is 1. The Hall–Kier alpha value is -3.30. The van der Waals surface area contributed by atoms with Crippen molar-refractivity contribution in [1.29, 1.82) is 0 Å². The zero-order valence-corrected chi connectivity index (χ0v) is 16.8. The largest absolute Gasteiger partial charge is 0.469 e. The second-order valence-electron chi connectivity index (χ2n) is 7.69. The molecule has 30 heavy (non-hydrogen) atoms. The van der Waals surface area contributed by atoms with Gasteiger partial charge in [-0.3, -0.25) is 19.3 Å². The van der Waals surface area contributed by atoms with Crippen LogP contribution in [-0.2, 0) is 24.7 Å². The lowest BCUT2D eigenvalue weighted by molar-refractivity contribution is -0.149. The fourth-order valence-corrected chi connectivity index (χ4v) is 4.01. The minimum absolute atomic E-state index is 0.100. The van der Waals surface area contributed by atoms with Gasteiger partial charge in [-0.15, -0.1) is 0 Å². The van der Waals surface area contributed by atoms with Crippen LogP contribution in [0.3, 0.4) is 0 Å². The molecule has 3 aliphatic heterocycles. The first-order chi connectivity index (χ1) is 14.3. The van der Waals surface area contributed by atoms with Crippen molar-refractivity contribution >= 4 is 23.8 Å². The molecule has 3 aliphatic rings. The summed E-state index contributed by atoms with van der Waals surface area (Å²) in [6.07, 6.45) is 0.987. The topological polar surface area (TPSA) is 114 Å². The Morgan fingerprint density at radius 2 is 1.90 bits per heavy atom. The molecule has 4 rings (SSSR count). The van der Waals surface area contributed by atoms with Gasteiger partial charge in [0.1, 0.15) is 12.1 Å². The molecule has 0 unspecified atom stereocenters. The zero-order valence-electron chi connectivity index (χ0n) is 16.8. The van der Waals surface area contributed by atoms with Crippen LogP contribution >= 0.6 is 0 Å². The van der Waals surface area contributed by atoms with Gasteiger partial charge in [0.25, 0.3) is 5.91 Å². The molecule has 1 aromatic carbocycles. The number of esters is 1. The van der Waals surface area contributed by atoms with E-state index in [9.17, 15) is 19.2 Å². The summed E-state index contributed by atoms with van der Waals surface area (Å²) in [4.78, 5) is 52.4. The second-order valence-corrected chi connectivity index (χ2v) is 7.69. The van der Waals surface area contributed by atoms with Crippen molar-refractivity contribution in [3.63, 3.8) is 0 Å². The van der Waals surface area contributed by atoms with Crippen molar-refractivity contribution in [3.05, 3.63) is 23.8 Å². The van der Waals surface area contributed by atoms with E-state index in [0.29, 0.717) is 43.0 Å². The van der Waals surface area contributed by atoms with E-state index in [2.05, 4.69) is 5.32 Å². The van der Waals surface area contributed by atoms with E-state index in [-0.39, 0.29) is 31.1 Å². The van der Waals surface area contributed by atoms with E-state index in [1.807, 2.05) is 0 Å². The number of amides is 4. The van der Waals surface area contributed by atoms with Gasteiger partial charge in [0.15, 0.2) is 11.5 Å². The van der Waals surface area contributed by atoms with E-state index >= 15 is 0 Å². The first kappa shape index (κ1) is 20.0. The molecule has 160 valence electrons. The molecule has 0 saturated carbocycles. The van der Waals surface area contributed by atoms with Crippen LogP contribution in [0, 0.1) is 5.92 Å². The third kappa shape index (κ3) is 3.31. The Kier molecular flexibility index (Phi) is 5.00. The number of hydrogen-bond acceptors (Lipinski definition) is 7. The normalized spacial score (nSPS) is 23.5. The Labute approximate surface area is 173 Å². The summed E-state index contributed by atoms with van der Waals surface area (Å²) in [5, 5.41) is 2.68. The standard InChI is InChI=1S/C20H23N3O7/c1-20(13-3-4-14-15(9-13)30-11-29-14)18(26)23(19(27)21-20)10-16(24)22-7-5-12(6-8-22)17(25)28-2/h3-4,9,12H,5-8,10-11H2,1-2H3,(H,21,27)/t20-/m0/s1. The Morgan fingerprint density at radius 3 is 2.60 bits per heavy atom. The molecular formula is C20H23N3O7. The van der Waals surface area contributed by atoms with E-state index in [1.54, 1.807) is 30.0 Å². The smallest absolute Gasteiger partial charge is 0.325 e. The first-order valence-electron chi connectivity index (χ1n) is 9.73. The van der Waals surface area contributed by atoms with Crippen LogP contribution in [0.5, 0.6) is 11.5 Å². The van der Waals surface area contributed by atoms with Crippen LogP contribution in [0.1, 0.15) is 25.3 Å². The maximum absolute atomic E-state index is 13.1. The third-order valence-electron chi connectivity index (χ3n) is 5.90. The van der Waals surface area contributed by atoms with Gasteiger partial charge in [-0.25, -0.2) is 4.79 Å². The van der Waals surface area contributed by atoms with Crippen molar-refractivity contribution in [1.82, 2.24) is 15.1 Å². The molecule has 10 nitrogen and oxygen atoms in total. The Morgan fingerprint density at radius 1 is 1.20 bits per heavy atom. The highest BCUT2D eigenvalue weighted by Gasteiger charge is 2.50. The van der Waals surface area contributed by atoms with E-state index in [4.69, 9.17) is 14.2 Å². The lowest BCUT2D eigenvalue weighted by Crippen LogP contribution is -2.47. The number of nitrogens with zero attached hydrogens (tertiary/aromatic N) is 2. The van der Waals surface area contributed by atoms with Gasteiger partial charge in [-0.1, -0.05) is 6.07 Å². The van der Waals surface area contributed by atoms with Crippen LogP contribution in [0.2, 0.25) is 0 Å². The summed E-state index contributed by atoms with van der Waals surface area (Å²) in [6.45, 7) is 2.09. The molecule has 0 radical (unpaired) electrons. The minimum Gasteiger partial charge on any atom is -0.469 e. The van der Waals surface area contributed by atoms with Crippen molar-refractivity contribution < 1.29 is 33.4 Å². The summed E-state index contributed by atoms with van der Waals surface area (Å²) in [5.41, 5.74) is -0.769. The number of ether oxygens (including phenoxy) is 3. The van der Waals surface area contributed by atoms with E-state index in [0.717, 1.165) is 4.90 Å². The average molecular weight is 417 g/mol. The van der Waals surface area contributed by atoms with Gasteiger partial charge in [0.2, 0.25) is 12.7 Å². The first-order valence-corrected chi connectivity index (χ1v) is 9.73. The van der Waals surface area contributed by atoms with Crippen molar-refractivity contribution in [2.45, 2.75) is 25.3 Å². The summed E-state index contributed by atoms with van der Waals surface area (Å²) in [7, 11) is 1.34. The van der Waals surface area contributed by atoms with Gasteiger partial charge >= 0.3 is 12.0 Å². The van der Waals surface area contributed by atoms with Crippen LogP contribution in [0.25, 0.3) is 0 Å². The molecule has 2 saturated heterocycles. The van der Waals surface area contributed by atoms with Crippen LogP contribution in [0.15, 0.2) is 18.2 Å². The van der Waals surface area contributed by atoms with Gasteiger partial charge in [0, 0.05) is 13.1 Å². The summed E-state index contributed by atoms with van der Waals surface area (Å²) >= 11 is 0. The van der Waals surface area contributed by atoms with Gasteiger partial charge in [-0.05, 0) is 37.5 Å². The lowest BCUT2D eigenvalue weighted by atomic mass is 9.91. The van der Waals surface area contributed by atoms with Crippen molar-refractivity contribution in [2.24, 2.45) is 5.92 Å². The number of hydrogen-bond donors (Lipinski definition) is 1. The van der Waals surface area contributed by atoms with Crippen molar-refractivity contribution in [2.75, 3.05) is 33.5 Å². The third-order valence-corrected chi connectivity index (χ3v) is 5.90. The number of rotatable bonds is 4. The number of likely N-dealkylation sites (tertiary alicyclic amines) is 1. The van der Waals surface area contributed by atoms with E-state index in [1.165, 1.54) is 7.11 Å². The Bertz CT molecular complexity index is 910. The predicted octanol–water partition coefficient (Wildman–Crippen LogP) is 0.594. The average Bonchev–Trinajstić information content (AvgIpc) is 3.31. The molecule has 1 atom stereocenters. The summed E-state index contributed by atoms with van der Waals surface area (Å²) in [5.74, 6) is -0.290. The predicted molar refractivity (Wildman–Crippen MR) is 101 cm³/mol. The van der Waals surface area contributed by atoms with Gasteiger partial charge < -0.3 is 24.4 Å². The number of carbonyl (C=O) groups excluding carboxylic acids is 4. The fourth-order valence-electron chi connectivity index (χ4n) is 4.01. The summed E-state index contributed by atoms with van der Waals surface area (Å²) < 4.78 is 15.4. The number of carbonyl (C=O) groups is 4.